The van der Waals surface area contributed by atoms with Gasteiger partial charge in [-0.3, -0.25) is 19.3 Å². The van der Waals surface area contributed by atoms with Crippen LogP contribution in [0.3, 0.4) is 0 Å². The number of nitrogens with one attached hydrogen (secondary N) is 1. The molecule has 1 fully saturated rings. The van der Waals surface area contributed by atoms with E-state index in [0.29, 0.717) is 5.57 Å². The predicted molar refractivity (Wildman–Crippen MR) is 118 cm³/mol. The molecule has 0 saturated carbocycles. The monoisotopic (exact) mass is 510 g/mol. The maximum Gasteiger partial charge on any atom is 0.352 e. The maximum atomic E-state index is 12.8. The second kappa shape index (κ2) is 9.52. The zero-order valence-corrected chi connectivity index (χ0v) is 19.5. The van der Waals surface area contributed by atoms with E-state index in [0.717, 1.165) is 21.3 Å². The normalized spacial score (nSPS) is 22.0. The van der Waals surface area contributed by atoms with Gasteiger partial charge in [0.1, 0.15) is 23.7 Å². The molecule has 4 heterocycles. The quantitative estimate of drug-likeness (QED) is 0.313. The number of amides is 2. The van der Waals surface area contributed by atoms with E-state index in [1.165, 1.54) is 28.0 Å². The van der Waals surface area contributed by atoms with Crippen molar-refractivity contribution in [1.29, 1.82) is 0 Å². The summed E-state index contributed by atoms with van der Waals surface area (Å²) in [5.41, 5.74) is 0.375. The lowest BCUT2D eigenvalue weighted by atomic mass is 10.0. The van der Waals surface area contributed by atoms with E-state index in [4.69, 9.17) is 5.11 Å². The molecule has 2 aliphatic rings. The molecule has 12 nitrogen and oxygen atoms in total. The molecule has 2 aliphatic heterocycles. The highest BCUT2D eigenvalue weighted by molar-refractivity contribution is 8.01. The number of carbonyl (C=O) groups is 4. The molecule has 2 amide bonds. The lowest BCUT2D eigenvalue weighted by Crippen LogP contribution is -2.71. The number of aliphatic carboxylic acids is 2. The summed E-state index contributed by atoms with van der Waals surface area (Å²) in [5, 5.41) is 33.7. The highest BCUT2D eigenvalue weighted by atomic mass is 32.2. The molecule has 15 heteroatoms. The van der Waals surface area contributed by atoms with Gasteiger partial charge in [0.05, 0.1) is 6.42 Å². The molecule has 174 valence electrons. The molecule has 0 bridgehead atoms. The number of fused-ring (bicyclic) bond motifs is 1. The lowest BCUT2D eigenvalue weighted by molar-refractivity contribution is -0.150. The van der Waals surface area contributed by atoms with Crippen molar-refractivity contribution in [3.8, 4) is 0 Å². The zero-order chi connectivity index (χ0) is 23.7. The molecule has 2 aromatic heterocycles. The Morgan fingerprint density at radius 1 is 1.30 bits per heavy atom. The fraction of sp³-hybridized carbons (Fsp3) is 0.389. The number of tetrazole rings is 1. The van der Waals surface area contributed by atoms with Crippen LogP contribution in [0.2, 0.25) is 0 Å². The third-order valence-electron chi connectivity index (χ3n) is 5.00. The van der Waals surface area contributed by atoms with Crippen molar-refractivity contribution in [3.05, 3.63) is 33.7 Å². The number of thioether (sulfide) groups is 2. The second-order valence-electron chi connectivity index (χ2n) is 7.16. The number of hydrogen-bond acceptors (Lipinski definition) is 10. The van der Waals surface area contributed by atoms with E-state index in [1.54, 1.807) is 0 Å². The minimum Gasteiger partial charge on any atom is -0.480 e. The zero-order valence-electron chi connectivity index (χ0n) is 17.1. The van der Waals surface area contributed by atoms with Crippen molar-refractivity contribution >= 4 is 58.6 Å². The van der Waals surface area contributed by atoms with Crippen LogP contribution < -0.4 is 5.32 Å². The van der Waals surface area contributed by atoms with Crippen LogP contribution in [0.15, 0.2) is 33.9 Å². The fourth-order valence-corrected chi connectivity index (χ4v) is 6.78. The first-order valence-electron chi connectivity index (χ1n) is 9.63. The number of rotatable bonds is 9. The van der Waals surface area contributed by atoms with Crippen LogP contribution in [0.25, 0.3) is 0 Å². The van der Waals surface area contributed by atoms with E-state index in [-0.39, 0.29) is 34.2 Å². The van der Waals surface area contributed by atoms with Gasteiger partial charge in [-0.25, -0.2) is 9.48 Å². The van der Waals surface area contributed by atoms with Crippen LogP contribution in [0.4, 0.5) is 0 Å². The van der Waals surface area contributed by atoms with Crippen LogP contribution >= 0.6 is 34.9 Å². The van der Waals surface area contributed by atoms with E-state index in [9.17, 15) is 24.3 Å². The van der Waals surface area contributed by atoms with Crippen molar-refractivity contribution in [2.24, 2.45) is 0 Å². The van der Waals surface area contributed by atoms with E-state index in [2.05, 4.69) is 20.8 Å². The summed E-state index contributed by atoms with van der Waals surface area (Å²) >= 11 is 3.92. The highest BCUT2D eigenvalue weighted by Crippen LogP contribution is 2.45. The molecular formula is C18H18N6O6S3. The molecule has 0 spiro atoms. The van der Waals surface area contributed by atoms with Gasteiger partial charge in [0.25, 0.3) is 5.91 Å². The Kier molecular flexibility index (Phi) is 6.71. The minimum absolute atomic E-state index is 0.121. The Morgan fingerprint density at radius 3 is 2.76 bits per heavy atom. The van der Waals surface area contributed by atoms with Crippen LogP contribution in [0.5, 0.6) is 0 Å². The number of β-lactam (4-membered cyclic amide) rings is 1. The van der Waals surface area contributed by atoms with Crippen molar-refractivity contribution in [2.45, 2.75) is 41.7 Å². The number of aromatic nitrogens is 4. The molecule has 1 unspecified atom stereocenters. The summed E-state index contributed by atoms with van der Waals surface area (Å²) in [4.78, 5) is 50.3. The average molecular weight is 511 g/mol. The molecule has 3 N–H and O–H groups in total. The second-order valence-corrected chi connectivity index (χ2v) is 10.6. The largest absolute Gasteiger partial charge is 0.480 e. The van der Waals surface area contributed by atoms with Crippen LogP contribution in [0.1, 0.15) is 11.8 Å². The van der Waals surface area contributed by atoms with Gasteiger partial charge in [0.2, 0.25) is 11.1 Å². The lowest BCUT2D eigenvalue weighted by Gasteiger charge is -2.51. The number of nitrogens with zero attached hydrogens (tertiary/aromatic N) is 5. The smallest absolute Gasteiger partial charge is 0.352 e. The first-order valence-corrected chi connectivity index (χ1v) is 12.4. The molecule has 33 heavy (non-hydrogen) atoms. The summed E-state index contributed by atoms with van der Waals surface area (Å²) < 4.78 is 1.10. The van der Waals surface area contributed by atoms with Crippen LogP contribution in [-0.2, 0) is 32.1 Å². The maximum absolute atomic E-state index is 12.8. The summed E-state index contributed by atoms with van der Waals surface area (Å²) in [6.45, 7) is 1.40. The molecule has 0 radical (unpaired) electrons. The van der Waals surface area contributed by atoms with Gasteiger partial charge in [0.15, 0.2) is 0 Å². The Hall–Kier alpha value is -2.91. The van der Waals surface area contributed by atoms with Gasteiger partial charge in [-0.1, -0.05) is 17.8 Å². The fourth-order valence-electron chi connectivity index (χ4n) is 3.50. The number of carbonyl (C=O) groups excluding carboxylic acids is 2. The van der Waals surface area contributed by atoms with Gasteiger partial charge in [-0.05, 0) is 34.4 Å². The molecular weight excluding hydrogens is 492 g/mol. The third kappa shape index (κ3) is 4.74. The third-order valence-corrected chi connectivity index (χ3v) is 8.33. The van der Waals surface area contributed by atoms with Crippen molar-refractivity contribution in [2.75, 3.05) is 5.75 Å². The van der Waals surface area contributed by atoms with Crippen molar-refractivity contribution in [3.63, 3.8) is 0 Å². The van der Waals surface area contributed by atoms with Gasteiger partial charge in [0, 0.05) is 15.9 Å². The van der Waals surface area contributed by atoms with Gasteiger partial charge in [-0.15, -0.1) is 28.2 Å². The molecule has 2 aromatic rings. The predicted octanol–water partition coefficient (Wildman–Crippen LogP) is 0.281. The van der Waals surface area contributed by atoms with E-state index in [1.807, 2.05) is 24.4 Å². The SMILES string of the molecule is C[C@@H]1S[C@H]2C(NC(=O)Cc3cccs3)C(=O)N2C(C(=O)O)=C1CSc1nnnn1CC(=O)O. The first-order chi connectivity index (χ1) is 15.8. The van der Waals surface area contributed by atoms with Gasteiger partial charge >= 0.3 is 11.9 Å². The van der Waals surface area contributed by atoms with Crippen LogP contribution in [0, 0.1) is 0 Å². The summed E-state index contributed by atoms with van der Waals surface area (Å²) in [6.07, 6.45) is 0.156. The van der Waals surface area contributed by atoms with E-state index < -0.39 is 35.8 Å². The van der Waals surface area contributed by atoms with Crippen molar-refractivity contribution in [1.82, 2.24) is 30.4 Å². The standard InChI is InChI=1S/C18H18N6O6S3/c1-8-10(7-32-18-20-21-22-23(18)6-12(26)27)14(17(29)30)24-15(28)13(16(24)33-8)19-11(25)5-9-3-2-4-31-9/h2-4,8,13,16H,5-7H2,1H3,(H,19,25)(H,26,27)(H,29,30)/t8-,13?,16-/m0/s1. The van der Waals surface area contributed by atoms with Gasteiger partial charge < -0.3 is 15.5 Å². The Balaban J connectivity index is 1.48. The Bertz CT molecular complexity index is 1130. The van der Waals surface area contributed by atoms with Crippen LogP contribution in [-0.4, -0.2) is 81.5 Å². The number of carboxylic acid groups (broad SMARTS) is 2. The molecule has 4 rings (SSSR count). The number of thiophene rings is 1. The van der Waals surface area contributed by atoms with Crippen molar-refractivity contribution < 1.29 is 29.4 Å². The Labute approximate surface area is 199 Å². The number of carboxylic acids is 2. The minimum atomic E-state index is -1.25. The molecule has 1 saturated heterocycles. The topological polar surface area (TPSA) is 168 Å². The van der Waals surface area contributed by atoms with Gasteiger partial charge in [-0.2, -0.15) is 0 Å². The number of hydrogen-bond donors (Lipinski definition) is 3. The summed E-state index contributed by atoms with van der Waals surface area (Å²) in [5.74, 6) is -2.98. The highest BCUT2D eigenvalue weighted by Gasteiger charge is 2.55. The Morgan fingerprint density at radius 2 is 2.09 bits per heavy atom. The average Bonchev–Trinajstić information content (AvgIpc) is 3.42. The summed E-state index contributed by atoms with van der Waals surface area (Å²) in [7, 11) is 0. The summed E-state index contributed by atoms with van der Waals surface area (Å²) in [6, 6.07) is 2.88. The first kappa shape index (κ1) is 23.3. The molecule has 0 aromatic carbocycles. The molecule has 0 aliphatic carbocycles. The molecule has 3 atom stereocenters. The van der Waals surface area contributed by atoms with E-state index >= 15 is 0 Å².